The molecule has 0 aliphatic rings. The Hall–Kier alpha value is -2.87. The molecule has 0 saturated carbocycles. The maximum atomic E-state index is 13.1. The Labute approximate surface area is 198 Å². The average Bonchev–Trinajstić information content (AvgIpc) is 3.35. The third-order valence-electron chi connectivity index (χ3n) is 4.90. The number of carbonyl (C=O) groups is 2. The van der Waals surface area contributed by atoms with Gasteiger partial charge in [-0.2, -0.15) is 0 Å². The van der Waals surface area contributed by atoms with E-state index in [0.29, 0.717) is 26.2 Å². The highest BCUT2D eigenvalue weighted by Crippen LogP contribution is 2.40. The standard InChI is InChI=1S/C24H20ClNO4S2/c1-4-30-24(28)19-17(14-7-5-13(2)6-8-14)12-31-23(19)26-22(27)21-20(25)16-11-15(29-3)9-10-18(16)32-21/h5-12H,4H2,1-3H3,(H,26,27). The normalized spacial score (nSPS) is 10.9. The van der Waals surface area contributed by atoms with Crippen LogP contribution in [-0.2, 0) is 4.74 Å². The van der Waals surface area contributed by atoms with E-state index in [-0.39, 0.29) is 12.5 Å². The van der Waals surface area contributed by atoms with Crippen molar-refractivity contribution in [1.29, 1.82) is 0 Å². The van der Waals surface area contributed by atoms with Crippen LogP contribution in [0.4, 0.5) is 5.00 Å². The molecular formula is C24H20ClNO4S2. The number of halogens is 1. The van der Waals surface area contributed by atoms with E-state index in [1.54, 1.807) is 20.1 Å². The number of nitrogens with one attached hydrogen (secondary N) is 1. The summed E-state index contributed by atoms with van der Waals surface area (Å²) in [6.45, 7) is 3.98. The molecule has 2 heterocycles. The molecule has 0 fully saturated rings. The van der Waals surface area contributed by atoms with Crippen molar-refractivity contribution in [3.05, 3.63) is 68.9 Å². The van der Waals surface area contributed by atoms with Crippen LogP contribution in [0.5, 0.6) is 5.75 Å². The van der Waals surface area contributed by atoms with Crippen molar-refractivity contribution < 1.29 is 19.1 Å². The third-order valence-corrected chi connectivity index (χ3v) is 7.47. The first-order chi connectivity index (χ1) is 15.4. The van der Waals surface area contributed by atoms with Crippen LogP contribution in [0.3, 0.4) is 0 Å². The van der Waals surface area contributed by atoms with Gasteiger partial charge in [-0.05, 0) is 37.6 Å². The first-order valence-electron chi connectivity index (χ1n) is 9.86. The summed E-state index contributed by atoms with van der Waals surface area (Å²) in [5.41, 5.74) is 3.05. The maximum Gasteiger partial charge on any atom is 0.341 e. The smallest absolute Gasteiger partial charge is 0.341 e. The zero-order valence-corrected chi connectivity index (χ0v) is 20.0. The average molecular weight is 486 g/mol. The van der Waals surface area contributed by atoms with Crippen molar-refractivity contribution >= 4 is 61.2 Å². The largest absolute Gasteiger partial charge is 0.497 e. The van der Waals surface area contributed by atoms with Crippen LogP contribution in [0, 0.1) is 6.92 Å². The molecule has 164 valence electrons. The lowest BCUT2D eigenvalue weighted by atomic mass is 10.0. The number of methoxy groups -OCH3 is 1. The van der Waals surface area contributed by atoms with E-state index >= 15 is 0 Å². The summed E-state index contributed by atoms with van der Waals surface area (Å²) < 4.78 is 11.4. The number of ether oxygens (including phenoxy) is 2. The molecule has 0 bridgehead atoms. The molecule has 0 unspecified atom stereocenters. The van der Waals surface area contributed by atoms with Crippen LogP contribution in [0.25, 0.3) is 21.2 Å². The number of aryl methyl sites for hydroxylation is 1. The number of hydrogen-bond donors (Lipinski definition) is 1. The SMILES string of the molecule is CCOC(=O)c1c(-c2ccc(C)cc2)csc1NC(=O)c1sc2ccc(OC)cc2c1Cl. The van der Waals surface area contributed by atoms with Gasteiger partial charge in [-0.3, -0.25) is 4.79 Å². The Balaban J connectivity index is 1.72. The predicted octanol–water partition coefficient (Wildman–Crippen LogP) is 7.03. The minimum atomic E-state index is -0.480. The van der Waals surface area contributed by atoms with Crippen molar-refractivity contribution in [2.75, 3.05) is 19.0 Å². The van der Waals surface area contributed by atoms with E-state index in [1.807, 2.05) is 48.7 Å². The molecule has 0 saturated heterocycles. The molecule has 2 aromatic heterocycles. The quantitative estimate of drug-likeness (QED) is 0.298. The van der Waals surface area contributed by atoms with E-state index in [1.165, 1.54) is 22.7 Å². The number of amides is 1. The summed E-state index contributed by atoms with van der Waals surface area (Å²) in [5, 5.41) is 6.25. The van der Waals surface area contributed by atoms with Gasteiger partial charge in [-0.1, -0.05) is 41.4 Å². The molecular weight excluding hydrogens is 466 g/mol. The fraction of sp³-hybridized carbons (Fsp3) is 0.167. The van der Waals surface area contributed by atoms with Crippen molar-refractivity contribution in [1.82, 2.24) is 0 Å². The number of rotatable bonds is 6. The molecule has 8 heteroatoms. The minimum absolute atomic E-state index is 0.235. The second-order valence-electron chi connectivity index (χ2n) is 7.00. The van der Waals surface area contributed by atoms with Gasteiger partial charge in [-0.15, -0.1) is 22.7 Å². The fourth-order valence-corrected chi connectivity index (χ4v) is 5.62. The van der Waals surface area contributed by atoms with Crippen LogP contribution in [0.2, 0.25) is 5.02 Å². The van der Waals surface area contributed by atoms with Gasteiger partial charge in [0.2, 0.25) is 0 Å². The lowest BCUT2D eigenvalue weighted by Gasteiger charge is -2.09. The van der Waals surface area contributed by atoms with E-state index < -0.39 is 5.97 Å². The van der Waals surface area contributed by atoms with Gasteiger partial charge in [0.05, 0.1) is 18.7 Å². The third kappa shape index (κ3) is 4.24. The number of esters is 1. The number of benzene rings is 2. The van der Waals surface area contributed by atoms with Gasteiger partial charge < -0.3 is 14.8 Å². The molecule has 0 spiro atoms. The van der Waals surface area contributed by atoms with Crippen LogP contribution in [0.15, 0.2) is 47.8 Å². The maximum absolute atomic E-state index is 13.1. The Kier molecular flexibility index (Phi) is 6.50. The van der Waals surface area contributed by atoms with Crippen LogP contribution in [0.1, 0.15) is 32.5 Å². The topological polar surface area (TPSA) is 64.6 Å². The lowest BCUT2D eigenvalue weighted by Crippen LogP contribution is -2.14. The molecule has 0 radical (unpaired) electrons. The van der Waals surface area contributed by atoms with E-state index in [0.717, 1.165) is 26.8 Å². The molecule has 1 amide bonds. The fourth-order valence-electron chi connectivity index (χ4n) is 3.28. The summed E-state index contributed by atoms with van der Waals surface area (Å²) in [5.74, 6) is -0.195. The Bertz CT molecular complexity index is 1310. The van der Waals surface area contributed by atoms with Crippen LogP contribution >= 0.6 is 34.3 Å². The molecule has 2 aromatic carbocycles. The Morgan fingerprint density at radius 2 is 1.88 bits per heavy atom. The van der Waals surface area contributed by atoms with Crippen molar-refractivity contribution in [2.24, 2.45) is 0 Å². The van der Waals surface area contributed by atoms with Crippen LogP contribution in [-0.4, -0.2) is 25.6 Å². The Morgan fingerprint density at radius 3 is 2.56 bits per heavy atom. The van der Waals surface area contributed by atoms with Crippen molar-refractivity contribution in [3.8, 4) is 16.9 Å². The number of hydrogen-bond acceptors (Lipinski definition) is 6. The van der Waals surface area contributed by atoms with Crippen LogP contribution < -0.4 is 10.1 Å². The summed E-state index contributed by atoms with van der Waals surface area (Å²) in [6, 6.07) is 13.3. The Morgan fingerprint density at radius 1 is 1.12 bits per heavy atom. The summed E-state index contributed by atoms with van der Waals surface area (Å²) in [6.07, 6.45) is 0. The summed E-state index contributed by atoms with van der Waals surface area (Å²) >= 11 is 9.09. The minimum Gasteiger partial charge on any atom is -0.497 e. The highest BCUT2D eigenvalue weighted by molar-refractivity contribution is 7.22. The molecule has 4 aromatic rings. The predicted molar refractivity (Wildman–Crippen MR) is 132 cm³/mol. The number of carbonyl (C=O) groups excluding carboxylic acids is 2. The van der Waals surface area contributed by atoms with Gasteiger partial charge in [0.15, 0.2) is 0 Å². The summed E-state index contributed by atoms with van der Waals surface area (Å²) in [7, 11) is 1.58. The first-order valence-corrected chi connectivity index (χ1v) is 11.9. The zero-order valence-electron chi connectivity index (χ0n) is 17.7. The number of anilines is 1. The molecule has 32 heavy (non-hydrogen) atoms. The van der Waals surface area contributed by atoms with Crippen molar-refractivity contribution in [2.45, 2.75) is 13.8 Å². The van der Waals surface area contributed by atoms with Gasteiger partial charge >= 0.3 is 5.97 Å². The highest BCUT2D eigenvalue weighted by Gasteiger charge is 2.25. The van der Waals surface area contributed by atoms with Crippen molar-refractivity contribution in [3.63, 3.8) is 0 Å². The van der Waals surface area contributed by atoms with E-state index in [4.69, 9.17) is 21.1 Å². The second kappa shape index (κ2) is 9.32. The van der Waals surface area contributed by atoms with E-state index in [2.05, 4.69) is 5.32 Å². The number of thiophene rings is 2. The molecule has 0 aliphatic heterocycles. The van der Waals surface area contributed by atoms with Gasteiger partial charge in [-0.25, -0.2) is 4.79 Å². The highest BCUT2D eigenvalue weighted by atomic mass is 35.5. The van der Waals surface area contributed by atoms with Gasteiger partial charge in [0.25, 0.3) is 5.91 Å². The second-order valence-corrected chi connectivity index (χ2v) is 9.31. The zero-order chi connectivity index (χ0) is 22.8. The van der Waals surface area contributed by atoms with Gasteiger partial charge in [0.1, 0.15) is 21.2 Å². The summed E-state index contributed by atoms with van der Waals surface area (Å²) in [4.78, 5) is 26.3. The lowest BCUT2D eigenvalue weighted by molar-refractivity contribution is 0.0529. The van der Waals surface area contributed by atoms with Gasteiger partial charge in [0, 0.05) is 21.0 Å². The first kappa shape index (κ1) is 22.3. The van der Waals surface area contributed by atoms with E-state index in [9.17, 15) is 9.59 Å². The number of fused-ring (bicyclic) bond motifs is 1. The molecule has 0 atom stereocenters. The molecule has 0 aliphatic carbocycles. The molecule has 1 N–H and O–H groups in total. The monoisotopic (exact) mass is 485 g/mol. The molecule has 4 rings (SSSR count). The molecule has 5 nitrogen and oxygen atoms in total.